The van der Waals surface area contributed by atoms with Crippen LogP contribution < -0.4 is 0 Å². The van der Waals surface area contributed by atoms with E-state index in [0.717, 1.165) is 17.8 Å². The highest BCUT2D eigenvalue weighted by molar-refractivity contribution is 7.10. The van der Waals surface area contributed by atoms with Gasteiger partial charge in [-0.2, -0.15) is 0 Å². The zero-order valence-corrected chi connectivity index (χ0v) is 12.5. The number of hydrogen-bond donors (Lipinski definition) is 1. The average Bonchev–Trinajstić information content (AvgIpc) is 2.82. The molecule has 0 unspecified atom stereocenters. The Bertz CT molecular complexity index is 603. The summed E-state index contributed by atoms with van der Waals surface area (Å²) in [5.74, 6) is -0.894. The van der Waals surface area contributed by atoms with Crippen LogP contribution in [0.1, 0.15) is 21.6 Å². The molecule has 1 aromatic heterocycles. The number of likely N-dealkylation sites (N-methyl/N-ethyl adjacent to an activating group) is 1. The fourth-order valence-electron chi connectivity index (χ4n) is 1.88. The van der Waals surface area contributed by atoms with E-state index in [0.29, 0.717) is 22.9 Å². The number of carboxylic acids is 1. The van der Waals surface area contributed by atoms with Gasteiger partial charge >= 0.3 is 5.97 Å². The summed E-state index contributed by atoms with van der Waals surface area (Å²) in [7, 11) is 1.94. The van der Waals surface area contributed by atoms with Crippen LogP contribution in [0.25, 0.3) is 0 Å². The topological polar surface area (TPSA) is 66.3 Å². The van der Waals surface area contributed by atoms with Gasteiger partial charge in [0.25, 0.3) is 0 Å². The van der Waals surface area contributed by atoms with Crippen LogP contribution in [-0.2, 0) is 13.0 Å². The third kappa shape index (κ3) is 3.75. The predicted octanol–water partition coefficient (Wildman–Crippen LogP) is 2.56. The van der Waals surface area contributed by atoms with Gasteiger partial charge in [-0.15, -0.1) is 5.10 Å². The number of nitrogens with zero attached hydrogens (tertiary/aromatic N) is 3. The number of aromatic nitrogens is 2. The number of carbonyl (C=O) groups is 1. The van der Waals surface area contributed by atoms with Crippen molar-refractivity contribution in [1.29, 1.82) is 0 Å². The van der Waals surface area contributed by atoms with Crippen LogP contribution in [0.3, 0.4) is 0 Å². The predicted molar refractivity (Wildman–Crippen MR) is 78.4 cm³/mol. The second-order valence-electron chi connectivity index (χ2n) is 4.44. The molecule has 0 saturated heterocycles. The Labute approximate surface area is 126 Å². The Balaban J connectivity index is 1.95. The highest BCUT2D eigenvalue weighted by Gasteiger charge is 2.11. The van der Waals surface area contributed by atoms with Crippen molar-refractivity contribution in [2.24, 2.45) is 0 Å². The van der Waals surface area contributed by atoms with Gasteiger partial charge in [0, 0.05) is 24.6 Å². The second-order valence-corrected chi connectivity index (χ2v) is 5.80. The maximum atomic E-state index is 11.1. The van der Waals surface area contributed by atoms with E-state index in [2.05, 4.69) is 9.59 Å². The molecule has 1 aromatic carbocycles. The molecular formula is C13H14ClN3O2S. The van der Waals surface area contributed by atoms with Crippen molar-refractivity contribution in [3.05, 3.63) is 45.4 Å². The third-order valence-corrected chi connectivity index (χ3v) is 3.92. The standard InChI is InChI=1S/C13H14ClN3O2S/c1-17(8-11-12(14)20-16-15-11)7-6-9-4-2-3-5-10(9)13(18)19/h2-5H,6-8H2,1H3,(H,18,19). The zero-order valence-electron chi connectivity index (χ0n) is 10.9. The Morgan fingerprint density at radius 1 is 1.45 bits per heavy atom. The van der Waals surface area contributed by atoms with Crippen molar-refractivity contribution < 1.29 is 9.90 Å². The Kier molecular flexibility index (Phi) is 5.05. The van der Waals surface area contributed by atoms with Gasteiger partial charge in [-0.3, -0.25) is 0 Å². The van der Waals surface area contributed by atoms with Gasteiger partial charge < -0.3 is 10.0 Å². The first kappa shape index (κ1) is 14.9. The minimum absolute atomic E-state index is 0.356. The molecule has 2 rings (SSSR count). The Hall–Kier alpha value is -1.50. The monoisotopic (exact) mass is 311 g/mol. The summed E-state index contributed by atoms with van der Waals surface area (Å²) in [6.45, 7) is 1.32. The Morgan fingerprint density at radius 2 is 2.20 bits per heavy atom. The summed E-state index contributed by atoms with van der Waals surface area (Å²) in [5.41, 5.74) is 1.94. The number of carboxylic acid groups (broad SMARTS) is 1. The van der Waals surface area contributed by atoms with Crippen LogP contribution in [0.5, 0.6) is 0 Å². The maximum absolute atomic E-state index is 11.1. The van der Waals surface area contributed by atoms with E-state index < -0.39 is 5.97 Å². The van der Waals surface area contributed by atoms with Crippen LogP contribution in [0.4, 0.5) is 0 Å². The lowest BCUT2D eigenvalue weighted by Crippen LogP contribution is -2.21. The first-order valence-electron chi connectivity index (χ1n) is 6.04. The molecule has 106 valence electrons. The fourth-order valence-corrected chi connectivity index (χ4v) is 2.50. The summed E-state index contributed by atoms with van der Waals surface area (Å²) in [6.07, 6.45) is 0.661. The lowest BCUT2D eigenvalue weighted by molar-refractivity contribution is 0.0695. The first-order valence-corrected chi connectivity index (χ1v) is 7.19. The summed E-state index contributed by atoms with van der Waals surface area (Å²) < 4.78 is 4.39. The minimum atomic E-state index is -0.894. The van der Waals surface area contributed by atoms with Crippen molar-refractivity contribution in [1.82, 2.24) is 14.5 Å². The van der Waals surface area contributed by atoms with Gasteiger partial charge in [0.05, 0.1) is 5.56 Å². The SMILES string of the molecule is CN(CCc1ccccc1C(=O)O)Cc1nnsc1Cl. The fraction of sp³-hybridized carbons (Fsp3) is 0.308. The molecule has 1 N–H and O–H groups in total. The lowest BCUT2D eigenvalue weighted by Gasteiger charge is -2.15. The number of benzene rings is 1. The van der Waals surface area contributed by atoms with Crippen LogP contribution in [-0.4, -0.2) is 39.2 Å². The molecule has 0 amide bonds. The van der Waals surface area contributed by atoms with Gasteiger partial charge in [0.15, 0.2) is 0 Å². The molecule has 0 aliphatic carbocycles. The Morgan fingerprint density at radius 3 is 2.85 bits per heavy atom. The average molecular weight is 312 g/mol. The van der Waals surface area contributed by atoms with E-state index in [4.69, 9.17) is 16.7 Å². The van der Waals surface area contributed by atoms with Gasteiger partial charge in [0.1, 0.15) is 10.0 Å². The number of hydrogen-bond acceptors (Lipinski definition) is 5. The van der Waals surface area contributed by atoms with Gasteiger partial charge in [0.2, 0.25) is 0 Å². The number of halogens is 1. The van der Waals surface area contributed by atoms with E-state index in [1.54, 1.807) is 12.1 Å². The van der Waals surface area contributed by atoms with E-state index in [1.807, 2.05) is 24.1 Å². The van der Waals surface area contributed by atoms with E-state index in [-0.39, 0.29) is 0 Å². The van der Waals surface area contributed by atoms with Crippen molar-refractivity contribution >= 4 is 29.1 Å². The van der Waals surface area contributed by atoms with Gasteiger partial charge in [-0.25, -0.2) is 4.79 Å². The minimum Gasteiger partial charge on any atom is -0.478 e. The highest BCUT2D eigenvalue weighted by atomic mass is 35.5. The molecule has 0 aliphatic rings. The highest BCUT2D eigenvalue weighted by Crippen LogP contribution is 2.18. The normalized spacial score (nSPS) is 10.9. The molecule has 2 aromatic rings. The van der Waals surface area contributed by atoms with Crippen LogP contribution in [0.15, 0.2) is 24.3 Å². The molecule has 20 heavy (non-hydrogen) atoms. The number of rotatable bonds is 6. The summed E-state index contributed by atoms with van der Waals surface area (Å²) in [4.78, 5) is 13.2. The summed E-state index contributed by atoms with van der Waals surface area (Å²) in [6, 6.07) is 7.05. The molecule has 0 radical (unpaired) electrons. The van der Waals surface area contributed by atoms with E-state index >= 15 is 0 Å². The molecule has 0 spiro atoms. The van der Waals surface area contributed by atoms with Crippen LogP contribution in [0, 0.1) is 0 Å². The molecule has 0 atom stereocenters. The molecule has 5 nitrogen and oxygen atoms in total. The van der Waals surface area contributed by atoms with E-state index in [9.17, 15) is 4.79 Å². The van der Waals surface area contributed by atoms with Crippen LogP contribution in [0.2, 0.25) is 4.34 Å². The zero-order chi connectivity index (χ0) is 14.5. The maximum Gasteiger partial charge on any atom is 0.335 e. The first-order chi connectivity index (χ1) is 9.58. The third-order valence-electron chi connectivity index (χ3n) is 2.94. The molecule has 0 saturated carbocycles. The second kappa shape index (κ2) is 6.78. The largest absolute Gasteiger partial charge is 0.478 e. The lowest BCUT2D eigenvalue weighted by atomic mass is 10.0. The summed E-state index contributed by atoms with van der Waals surface area (Å²) >= 11 is 7.12. The molecular weight excluding hydrogens is 298 g/mol. The summed E-state index contributed by atoms with van der Waals surface area (Å²) in [5, 5.41) is 13.1. The van der Waals surface area contributed by atoms with Crippen molar-refractivity contribution in [2.45, 2.75) is 13.0 Å². The molecule has 0 fully saturated rings. The van der Waals surface area contributed by atoms with Crippen molar-refractivity contribution in [2.75, 3.05) is 13.6 Å². The van der Waals surface area contributed by atoms with Gasteiger partial charge in [-0.1, -0.05) is 34.3 Å². The van der Waals surface area contributed by atoms with Crippen LogP contribution >= 0.6 is 23.1 Å². The quantitative estimate of drug-likeness (QED) is 0.888. The molecule has 7 heteroatoms. The van der Waals surface area contributed by atoms with Crippen molar-refractivity contribution in [3.63, 3.8) is 0 Å². The van der Waals surface area contributed by atoms with Crippen molar-refractivity contribution in [3.8, 4) is 0 Å². The molecule has 1 heterocycles. The molecule has 0 aliphatic heterocycles. The molecule has 0 bridgehead atoms. The van der Waals surface area contributed by atoms with E-state index in [1.165, 1.54) is 11.5 Å². The number of aromatic carboxylic acids is 1. The smallest absolute Gasteiger partial charge is 0.335 e. The van der Waals surface area contributed by atoms with Gasteiger partial charge in [-0.05, 0) is 25.1 Å².